The molecule has 0 bridgehead atoms. The molecule has 0 amide bonds. The molecule has 4 nitrogen and oxygen atoms in total. The van der Waals surface area contributed by atoms with Gasteiger partial charge in [0.1, 0.15) is 18.0 Å². The number of carboxylic acids is 1. The molecule has 2 aromatic rings. The first-order valence-corrected chi connectivity index (χ1v) is 5.70. The van der Waals surface area contributed by atoms with E-state index in [0.717, 1.165) is 6.20 Å². The summed E-state index contributed by atoms with van der Waals surface area (Å²) in [6, 6.07) is 5.67. The largest absolute Gasteiger partial charge is 0.486 e. The van der Waals surface area contributed by atoms with Gasteiger partial charge in [-0.15, -0.1) is 0 Å². The van der Waals surface area contributed by atoms with E-state index in [2.05, 4.69) is 4.98 Å². The van der Waals surface area contributed by atoms with E-state index < -0.39 is 11.8 Å². The summed E-state index contributed by atoms with van der Waals surface area (Å²) in [7, 11) is 0. The number of carboxylic acid groups (broad SMARTS) is 1. The Morgan fingerprint density at radius 2 is 2.21 bits per heavy atom. The van der Waals surface area contributed by atoms with Crippen molar-refractivity contribution in [3.63, 3.8) is 0 Å². The lowest BCUT2D eigenvalue weighted by Gasteiger charge is -2.10. The summed E-state index contributed by atoms with van der Waals surface area (Å²) in [5.41, 5.74) is 0.438. The molecule has 1 N–H and O–H groups in total. The maximum atomic E-state index is 12.9. The van der Waals surface area contributed by atoms with Crippen LogP contribution in [0.5, 0.6) is 5.75 Å². The summed E-state index contributed by atoms with van der Waals surface area (Å²) in [6.07, 6.45) is 2.50. The number of ether oxygens (including phenoxy) is 1. The summed E-state index contributed by atoms with van der Waals surface area (Å²) in [4.78, 5) is 14.7. The van der Waals surface area contributed by atoms with Crippen molar-refractivity contribution in [1.82, 2.24) is 4.98 Å². The number of nitrogens with zero attached hydrogens (tertiary/aromatic N) is 1. The molecule has 1 heterocycles. The van der Waals surface area contributed by atoms with Gasteiger partial charge in [0.05, 0.1) is 11.2 Å². The zero-order chi connectivity index (χ0) is 13.8. The molecule has 0 spiro atoms. The van der Waals surface area contributed by atoms with Crippen LogP contribution in [0.1, 0.15) is 15.9 Å². The Bertz CT molecular complexity index is 619. The predicted octanol–water partition coefficient (Wildman–Crippen LogP) is 3.15. The Labute approximate surface area is 113 Å². The summed E-state index contributed by atoms with van der Waals surface area (Å²) in [5.74, 6) is -1.57. The van der Waals surface area contributed by atoms with Gasteiger partial charge in [0.2, 0.25) is 0 Å². The van der Waals surface area contributed by atoms with E-state index in [0.29, 0.717) is 5.56 Å². The van der Waals surface area contributed by atoms with Gasteiger partial charge in [0.25, 0.3) is 0 Å². The lowest BCUT2D eigenvalue weighted by Crippen LogP contribution is -2.04. The van der Waals surface area contributed by atoms with E-state index >= 15 is 0 Å². The van der Waals surface area contributed by atoms with Crippen molar-refractivity contribution < 1.29 is 19.0 Å². The van der Waals surface area contributed by atoms with Crippen LogP contribution in [-0.4, -0.2) is 16.1 Å². The van der Waals surface area contributed by atoms with E-state index in [-0.39, 0.29) is 22.9 Å². The van der Waals surface area contributed by atoms with Gasteiger partial charge in [-0.1, -0.05) is 17.7 Å². The van der Waals surface area contributed by atoms with Gasteiger partial charge in [-0.2, -0.15) is 0 Å². The number of rotatable bonds is 4. The van der Waals surface area contributed by atoms with Crippen molar-refractivity contribution in [3.05, 3.63) is 58.6 Å². The van der Waals surface area contributed by atoms with Gasteiger partial charge in [-0.3, -0.25) is 4.98 Å². The van der Waals surface area contributed by atoms with Crippen molar-refractivity contribution in [3.8, 4) is 5.75 Å². The molecule has 0 radical (unpaired) electrons. The standard InChI is InChI=1S/C13H9ClFNO3/c14-11-3-1-2-10(13(17)18)12(11)19-7-8-4-9(15)6-16-5-8/h1-6H,7H2,(H,17,18). The van der Waals surface area contributed by atoms with Crippen molar-refractivity contribution in [2.24, 2.45) is 0 Å². The van der Waals surface area contributed by atoms with E-state index in [1.807, 2.05) is 0 Å². The average Bonchev–Trinajstić information content (AvgIpc) is 2.37. The summed E-state index contributed by atoms with van der Waals surface area (Å²) in [5, 5.41) is 9.20. The molecule has 0 aliphatic heterocycles. The molecular formula is C13H9ClFNO3. The van der Waals surface area contributed by atoms with Crippen LogP contribution < -0.4 is 4.74 Å². The third-order valence-electron chi connectivity index (χ3n) is 2.34. The Morgan fingerprint density at radius 1 is 1.42 bits per heavy atom. The SMILES string of the molecule is O=C(O)c1cccc(Cl)c1OCc1cncc(F)c1. The number of hydrogen-bond donors (Lipinski definition) is 1. The van der Waals surface area contributed by atoms with Crippen LogP contribution in [0.15, 0.2) is 36.7 Å². The molecule has 19 heavy (non-hydrogen) atoms. The molecule has 6 heteroatoms. The van der Waals surface area contributed by atoms with E-state index in [9.17, 15) is 9.18 Å². The fraction of sp³-hybridized carbons (Fsp3) is 0.0769. The predicted molar refractivity (Wildman–Crippen MR) is 66.9 cm³/mol. The second kappa shape index (κ2) is 5.67. The molecule has 2 rings (SSSR count). The molecule has 98 valence electrons. The Balaban J connectivity index is 2.22. The minimum Gasteiger partial charge on any atom is -0.486 e. The van der Waals surface area contributed by atoms with Crippen LogP contribution in [0.25, 0.3) is 0 Å². The highest BCUT2D eigenvalue weighted by Crippen LogP contribution is 2.29. The highest BCUT2D eigenvalue weighted by Gasteiger charge is 2.14. The monoisotopic (exact) mass is 281 g/mol. The second-order valence-corrected chi connectivity index (χ2v) is 4.13. The van der Waals surface area contributed by atoms with Gasteiger partial charge < -0.3 is 9.84 Å². The van der Waals surface area contributed by atoms with Crippen LogP contribution in [0.4, 0.5) is 4.39 Å². The topological polar surface area (TPSA) is 59.4 Å². The Morgan fingerprint density at radius 3 is 2.89 bits per heavy atom. The number of pyridine rings is 1. The molecule has 0 saturated carbocycles. The zero-order valence-corrected chi connectivity index (χ0v) is 10.4. The fourth-order valence-corrected chi connectivity index (χ4v) is 1.74. The van der Waals surface area contributed by atoms with E-state index in [1.54, 1.807) is 0 Å². The zero-order valence-electron chi connectivity index (χ0n) is 9.64. The Kier molecular flexibility index (Phi) is 3.97. The van der Waals surface area contributed by atoms with Gasteiger partial charge in [0, 0.05) is 11.8 Å². The molecule has 1 aromatic carbocycles. The first kappa shape index (κ1) is 13.3. The smallest absolute Gasteiger partial charge is 0.339 e. The molecule has 0 fully saturated rings. The second-order valence-electron chi connectivity index (χ2n) is 3.72. The lowest BCUT2D eigenvalue weighted by molar-refractivity contribution is 0.0691. The number of halogens is 2. The Hall–Kier alpha value is -2.14. The van der Waals surface area contributed by atoms with Crippen LogP contribution in [-0.2, 0) is 6.61 Å². The van der Waals surface area contributed by atoms with Gasteiger partial charge in [-0.05, 0) is 18.2 Å². The van der Waals surface area contributed by atoms with E-state index in [4.69, 9.17) is 21.4 Å². The number of carbonyl (C=O) groups is 1. The minimum atomic E-state index is -1.14. The van der Waals surface area contributed by atoms with Crippen molar-refractivity contribution in [1.29, 1.82) is 0 Å². The maximum absolute atomic E-state index is 12.9. The molecule has 0 saturated heterocycles. The minimum absolute atomic E-state index is 0.0191. The quantitative estimate of drug-likeness (QED) is 0.935. The van der Waals surface area contributed by atoms with Crippen LogP contribution in [0.3, 0.4) is 0 Å². The van der Waals surface area contributed by atoms with Gasteiger partial charge in [-0.25, -0.2) is 9.18 Å². The third-order valence-corrected chi connectivity index (χ3v) is 2.64. The summed E-state index contributed by atoms with van der Waals surface area (Å²) >= 11 is 5.89. The summed E-state index contributed by atoms with van der Waals surface area (Å²) < 4.78 is 18.3. The molecule has 0 aliphatic carbocycles. The van der Waals surface area contributed by atoms with Crippen molar-refractivity contribution >= 4 is 17.6 Å². The highest BCUT2D eigenvalue weighted by molar-refractivity contribution is 6.32. The number of aromatic carboxylic acids is 1. The molecule has 0 atom stereocenters. The number of benzene rings is 1. The van der Waals surface area contributed by atoms with Crippen molar-refractivity contribution in [2.75, 3.05) is 0 Å². The maximum Gasteiger partial charge on any atom is 0.339 e. The number of para-hydroxylation sites is 1. The lowest BCUT2D eigenvalue weighted by atomic mass is 10.2. The van der Waals surface area contributed by atoms with E-state index in [1.165, 1.54) is 30.5 Å². The summed E-state index contributed by atoms with van der Waals surface area (Å²) in [6.45, 7) is -0.0191. The molecule has 1 aromatic heterocycles. The molecular weight excluding hydrogens is 273 g/mol. The first-order chi connectivity index (χ1) is 9.08. The van der Waals surface area contributed by atoms with Crippen LogP contribution in [0.2, 0.25) is 5.02 Å². The van der Waals surface area contributed by atoms with Crippen LogP contribution >= 0.6 is 11.6 Å². The number of hydrogen-bond acceptors (Lipinski definition) is 3. The van der Waals surface area contributed by atoms with Gasteiger partial charge in [0.15, 0.2) is 5.75 Å². The van der Waals surface area contributed by atoms with Crippen LogP contribution in [0, 0.1) is 5.82 Å². The highest BCUT2D eigenvalue weighted by atomic mass is 35.5. The fourth-order valence-electron chi connectivity index (χ4n) is 1.51. The first-order valence-electron chi connectivity index (χ1n) is 5.32. The third kappa shape index (κ3) is 3.20. The number of aromatic nitrogens is 1. The van der Waals surface area contributed by atoms with Crippen molar-refractivity contribution in [2.45, 2.75) is 6.61 Å². The average molecular weight is 282 g/mol. The molecule has 0 unspecified atom stereocenters. The molecule has 0 aliphatic rings. The normalized spacial score (nSPS) is 10.2. The van der Waals surface area contributed by atoms with Gasteiger partial charge >= 0.3 is 5.97 Å².